The van der Waals surface area contributed by atoms with Gasteiger partial charge in [0.1, 0.15) is 5.82 Å². The van der Waals surface area contributed by atoms with Crippen LogP contribution in [0.2, 0.25) is 0 Å². The van der Waals surface area contributed by atoms with Crippen molar-refractivity contribution in [3.8, 4) is 16.9 Å². The van der Waals surface area contributed by atoms with E-state index in [9.17, 15) is 12.8 Å². The molecule has 7 heteroatoms. The lowest BCUT2D eigenvalue weighted by Gasteiger charge is -2.08. The number of hydrogen-bond acceptors (Lipinski definition) is 3. The normalized spacial score (nSPS) is 11.7. The fourth-order valence-electron chi connectivity index (χ4n) is 3.01. The van der Waals surface area contributed by atoms with Crippen LogP contribution in [-0.2, 0) is 16.4 Å². The van der Waals surface area contributed by atoms with Crippen LogP contribution in [0.4, 0.5) is 4.39 Å². The zero-order valence-corrected chi connectivity index (χ0v) is 16.5. The van der Waals surface area contributed by atoms with Crippen molar-refractivity contribution in [1.82, 2.24) is 9.78 Å². The van der Waals surface area contributed by atoms with E-state index >= 15 is 0 Å². The SMILES string of the molecule is C[CH]CCCCc1cc(-c2ccc(F)cc2)n(-c2ccc(S(N)(=O)=O)cc2)n1. The van der Waals surface area contributed by atoms with E-state index in [1.165, 1.54) is 24.3 Å². The summed E-state index contributed by atoms with van der Waals surface area (Å²) in [5.74, 6) is -0.302. The van der Waals surface area contributed by atoms with Crippen LogP contribution in [-0.4, -0.2) is 18.2 Å². The minimum Gasteiger partial charge on any atom is -0.233 e. The Morgan fingerprint density at radius 3 is 2.36 bits per heavy atom. The molecule has 147 valence electrons. The number of nitrogens with zero attached hydrogens (tertiary/aromatic N) is 2. The Bertz CT molecular complexity index is 1030. The van der Waals surface area contributed by atoms with Gasteiger partial charge >= 0.3 is 0 Å². The van der Waals surface area contributed by atoms with Gasteiger partial charge in [-0.05, 0) is 73.9 Å². The summed E-state index contributed by atoms with van der Waals surface area (Å²) in [6.07, 6.45) is 6.17. The zero-order valence-electron chi connectivity index (χ0n) is 15.7. The average Bonchev–Trinajstić information content (AvgIpc) is 3.09. The third-order valence-corrected chi connectivity index (χ3v) is 5.41. The fraction of sp³-hybridized carbons (Fsp3) is 0.238. The van der Waals surface area contributed by atoms with Gasteiger partial charge in [-0.2, -0.15) is 5.10 Å². The molecule has 0 aliphatic heterocycles. The first-order valence-corrected chi connectivity index (χ1v) is 10.7. The molecule has 0 unspecified atom stereocenters. The van der Waals surface area contributed by atoms with Gasteiger partial charge in [0.25, 0.3) is 0 Å². The van der Waals surface area contributed by atoms with E-state index < -0.39 is 10.0 Å². The molecule has 1 heterocycles. The average molecular weight is 400 g/mol. The summed E-state index contributed by atoms with van der Waals surface area (Å²) in [5, 5.41) is 9.88. The van der Waals surface area contributed by atoms with Gasteiger partial charge in [-0.15, -0.1) is 0 Å². The molecule has 0 amide bonds. The van der Waals surface area contributed by atoms with Gasteiger partial charge in [-0.3, -0.25) is 0 Å². The summed E-state index contributed by atoms with van der Waals surface area (Å²) in [6.45, 7) is 2.05. The molecule has 0 spiro atoms. The number of aryl methyl sites for hydroxylation is 1. The standard InChI is InChI=1S/C21H23FN3O2S/c1-2-3-4-5-6-18-15-21(16-7-9-17(22)10-8-16)25(24-18)19-11-13-20(14-12-19)28(23,26)27/h2,7-15H,3-6H2,1H3,(H2,23,26,27). The van der Waals surface area contributed by atoms with Crippen molar-refractivity contribution < 1.29 is 12.8 Å². The highest BCUT2D eigenvalue weighted by Crippen LogP contribution is 2.26. The minimum absolute atomic E-state index is 0.0442. The van der Waals surface area contributed by atoms with Crippen LogP contribution in [0, 0.1) is 12.2 Å². The van der Waals surface area contributed by atoms with Gasteiger partial charge in [-0.1, -0.05) is 19.8 Å². The maximum atomic E-state index is 13.3. The summed E-state index contributed by atoms with van der Waals surface area (Å²) in [6, 6.07) is 14.5. The van der Waals surface area contributed by atoms with E-state index in [0.29, 0.717) is 5.69 Å². The first-order chi connectivity index (χ1) is 13.4. The second kappa shape index (κ2) is 8.67. The fourth-order valence-corrected chi connectivity index (χ4v) is 3.52. The molecule has 0 aliphatic rings. The van der Waals surface area contributed by atoms with Gasteiger partial charge in [-0.25, -0.2) is 22.6 Å². The van der Waals surface area contributed by atoms with Gasteiger partial charge < -0.3 is 0 Å². The van der Waals surface area contributed by atoms with Crippen molar-refractivity contribution in [1.29, 1.82) is 0 Å². The Kier molecular flexibility index (Phi) is 6.26. The largest absolute Gasteiger partial charge is 0.238 e. The molecule has 1 radical (unpaired) electrons. The van der Waals surface area contributed by atoms with Crippen molar-refractivity contribution in [2.24, 2.45) is 5.14 Å². The Hall–Kier alpha value is -2.51. The van der Waals surface area contributed by atoms with Crippen LogP contribution in [0.3, 0.4) is 0 Å². The van der Waals surface area contributed by atoms with E-state index in [-0.39, 0.29) is 10.7 Å². The number of primary sulfonamides is 1. The smallest absolute Gasteiger partial charge is 0.233 e. The summed E-state index contributed by atoms with van der Waals surface area (Å²) >= 11 is 0. The summed E-state index contributed by atoms with van der Waals surface area (Å²) in [7, 11) is -3.76. The number of unbranched alkanes of at least 4 members (excludes halogenated alkanes) is 3. The van der Waals surface area contributed by atoms with Crippen LogP contribution in [0.15, 0.2) is 59.5 Å². The number of nitrogens with two attached hydrogens (primary N) is 1. The van der Waals surface area contributed by atoms with Crippen LogP contribution >= 0.6 is 0 Å². The van der Waals surface area contributed by atoms with Crippen LogP contribution in [0.5, 0.6) is 0 Å². The first kappa shape index (κ1) is 20.2. The van der Waals surface area contributed by atoms with E-state index in [4.69, 9.17) is 10.2 Å². The highest BCUT2D eigenvalue weighted by molar-refractivity contribution is 7.89. The molecule has 2 aromatic carbocycles. The van der Waals surface area contributed by atoms with Crippen molar-refractivity contribution in [3.05, 3.63) is 72.5 Å². The second-order valence-electron chi connectivity index (χ2n) is 6.63. The number of aromatic nitrogens is 2. The topological polar surface area (TPSA) is 78.0 Å². The number of rotatable bonds is 8. The molecule has 3 aromatic rings. The predicted molar refractivity (Wildman–Crippen MR) is 108 cm³/mol. The Labute approximate surface area is 165 Å². The van der Waals surface area contributed by atoms with Crippen molar-refractivity contribution in [2.45, 2.75) is 37.5 Å². The van der Waals surface area contributed by atoms with Crippen molar-refractivity contribution in [2.75, 3.05) is 0 Å². The molecule has 1 aromatic heterocycles. The van der Waals surface area contributed by atoms with E-state index in [1.54, 1.807) is 28.9 Å². The molecule has 0 bridgehead atoms. The lowest BCUT2D eigenvalue weighted by molar-refractivity contribution is 0.597. The van der Waals surface area contributed by atoms with Gasteiger partial charge in [0, 0.05) is 5.56 Å². The van der Waals surface area contributed by atoms with Crippen LogP contribution < -0.4 is 5.14 Å². The van der Waals surface area contributed by atoms with Crippen molar-refractivity contribution in [3.63, 3.8) is 0 Å². The van der Waals surface area contributed by atoms with Gasteiger partial charge in [0.2, 0.25) is 10.0 Å². The summed E-state index contributed by atoms with van der Waals surface area (Å²) < 4.78 is 38.1. The minimum atomic E-state index is -3.76. The first-order valence-electron chi connectivity index (χ1n) is 9.14. The lowest BCUT2D eigenvalue weighted by atomic mass is 10.1. The van der Waals surface area contributed by atoms with Gasteiger partial charge in [0.05, 0.1) is 22.0 Å². The predicted octanol–water partition coefficient (Wildman–Crippen LogP) is 4.26. The molecule has 3 rings (SSSR count). The van der Waals surface area contributed by atoms with E-state index in [1.807, 2.05) is 13.0 Å². The Morgan fingerprint density at radius 1 is 1.07 bits per heavy atom. The molecular weight excluding hydrogens is 377 g/mol. The van der Waals surface area contributed by atoms with Gasteiger partial charge in [0.15, 0.2) is 0 Å². The Morgan fingerprint density at radius 2 is 1.75 bits per heavy atom. The highest BCUT2D eigenvalue weighted by Gasteiger charge is 2.13. The quantitative estimate of drug-likeness (QED) is 0.574. The molecular formula is C21H23FN3O2S. The molecule has 5 nitrogen and oxygen atoms in total. The number of benzene rings is 2. The zero-order chi connectivity index (χ0) is 20.1. The molecule has 28 heavy (non-hydrogen) atoms. The molecule has 0 saturated heterocycles. The molecule has 0 fully saturated rings. The molecule has 0 aliphatic carbocycles. The highest BCUT2D eigenvalue weighted by atomic mass is 32.2. The third-order valence-electron chi connectivity index (χ3n) is 4.49. The molecule has 0 saturated carbocycles. The van der Waals surface area contributed by atoms with Crippen LogP contribution in [0.25, 0.3) is 16.9 Å². The number of halogens is 1. The summed E-state index contributed by atoms with van der Waals surface area (Å²) in [5.41, 5.74) is 3.30. The van der Waals surface area contributed by atoms with E-state index in [2.05, 4.69) is 6.42 Å². The molecule has 2 N–H and O–H groups in total. The molecule has 0 atom stereocenters. The number of hydrogen-bond donors (Lipinski definition) is 1. The van der Waals surface area contributed by atoms with Crippen molar-refractivity contribution >= 4 is 10.0 Å². The number of sulfonamides is 1. The lowest BCUT2D eigenvalue weighted by Crippen LogP contribution is -2.12. The maximum Gasteiger partial charge on any atom is 0.238 e. The second-order valence-corrected chi connectivity index (χ2v) is 8.19. The summed E-state index contributed by atoms with van der Waals surface area (Å²) in [4.78, 5) is 0.0442. The Balaban J connectivity index is 1.97. The monoisotopic (exact) mass is 400 g/mol. The van der Waals surface area contributed by atoms with Crippen LogP contribution in [0.1, 0.15) is 31.9 Å². The van der Waals surface area contributed by atoms with E-state index in [0.717, 1.165) is 42.6 Å². The maximum absolute atomic E-state index is 13.3. The third kappa shape index (κ3) is 4.85.